The summed E-state index contributed by atoms with van der Waals surface area (Å²) in [6, 6.07) is 2.64. The van der Waals surface area contributed by atoms with Gasteiger partial charge in [-0.1, -0.05) is 6.07 Å². The minimum atomic E-state index is -0.610. The van der Waals surface area contributed by atoms with E-state index in [4.69, 9.17) is 4.74 Å². The predicted molar refractivity (Wildman–Crippen MR) is 74.8 cm³/mol. The van der Waals surface area contributed by atoms with Gasteiger partial charge < -0.3 is 9.64 Å². The number of morpholine rings is 1. The lowest BCUT2D eigenvalue weighted by molar-refractivity contribution is -0.137. The quantitative estimate of drug-likeness (QED) is 0.922. The zero-order valence-corrected chi connectivity index (χ0v) is 12.2. The summed E-state index contributed by atoms with van der Waals surface area (Å²) in [6.07, 6.45) is 0. The van der Waals surface area contributed by atoms with Crippen molar-refractivity contribution >= 4 is 5.91 Å². The van der Waals surface area contributed by atoms with Crippen molar-refractivity contribution in [3.63, 3.8) is 0 Å². The Bertz CT molecular complexity index is 484. The van der Waals surface area contributed by atoms with Gasteiger partial charge in [-0.3, -0.25) is 10.1 Å². The Labute approximate surface area is 123 Å². The molecule has 1 saturated heterocycles. The monoisotopic (exact) mass is 298 g/mol. The van der Waals surface area contributed by atoms with Crippen molar-refractivity contribution in [1.29, 1.82) is 0 Å². The lowest BCUT2D eigenvalue weighted by atomic mass is 10.1. The maximum absolute atomic E-state index is 13.7. The summed E-state index contributed by atoms with van der Waals surface area (Å²) >= 11 is 0. The van der Waals surface area contributed by atoms with E-state index in [1.807, 2.05) is 0 Å². The zero-order chi connectivity index (χ0) is 15.4. The molecule has 0 bridgehead atoms. The van der Waals surface area contributed by atoms with Gasteiger partial charge in [0.2, 0.25) is 5.91 Å². The molecule has 1 aromatic rings. The minimum Gasteiger partial charge on any atom is -0.378 e. The van der Waals surface area contributed by atoms with Crippen LogP contribution in [0.5, 0.6) is 0 Å². The van der Waals surface area contributed by atoms with Crippen molar-refractivity contribution in [2.75, 3.05) is 26.3 Å². The fraction of sp³-hybridized carbons (Fsp3) is 0.533. The first-order valence-corrected chi connectivity index (χ1v) is 7.07. The van der Waals surface area contributed by atoms with Crippen molar-refractivity contribution < 1.29 is 18.3 Å². The molecule has 0 aliphatic carbocycles. The highest BCUT2D eigenvalue weighted by atomic mass is 19.1. The smallest absolute Gasteiger partial charge is 0.239 e. The molecule has 2 unspecified atom stereocenters. The van der Waals surface area contributed by atoms with Crippen molar-refractivity contribution in [2.45, 2.75) is 25.9 Å². The summed E-state index contributed by atoms with van der Waals surface area (Å²) < 4.78 is 32.6. The highest BCUT2D eigenvalue weighted by Crippen LogP contribution is 2.20. The van der Waals surface area contributed by atoms with Crippen LogP contribution in [0.15, 0.2) is 18.2 Å². The van der Waals surface area contributed by atoms with Gasteiger partial charge in [-0.15, -0.1) is 0 Å². The van der Waals surface area contributed by atoms with Crippen LogP contribution >= 0.6 is 0 Å². The van der Waals surface area contributed by atoms with E-state index in [1.165, 1.54) is 18.2 Å². The Balaban J connectivity index is 2.01. The fourth-order valence-corrected chi connectivity index (χ4v) is 2.51. The first-order chi connectivity index (χ1) is 10.0. The number of benzene rings is 1. The molecule has 1 amide bonds. The van der Waals surface area contributed by atoms with E-state index in [0.717, 1.165) is 0 Å². The Morgan fingerprint density at radius 2 is 1.81 bits per heavy atom. The van der Waals surface area contributed by atoms with E-state index in [2.05, 4.69) is 5.32 Å². The van der Waals surface area contributed by atoms with Gasteiger partial charge >= 0.3 is 0 Å². The number of nitrogens with zero attached hydrogens (tertiary/aromatic N) is 1. The number of hydrogen-bond donors (Lipinski definition) is 1. The van der Waals surface area contributed by atoms with Crippen LogP contribution in [0.4, 0.5) is 8.78 Å². The molecule has 2 atom stereocenters. The lowest BCUT2D eigenvalue weighted by Gasteiger charge is -2.30. The molecule has 1 fully saturated rings. The molecule has 0 spiro atoms. The highest BCUT2D eigenvalue weighted by molar-refractivity contribution is 5.81. The average Bonchev–Trinajstić information content (AvgIpc) is 2.47. The second-order valence-electron chi connectivity index (χ2n) is 5.18. The number of hydrogen-bond acceptors (Lipinski definition) is 3. The standard InChI is InChI=1S/C15H20F2N2O2/c1-10(14-12(16)4-3-5-13(14)17)18-11(2)15(20)19-6-8-21-9-7-19/h3-5,10-11,18H,6-9H2,1-2H3. The van der Waals surface area contributed by atoms with Crippen LogP contribution in [0.25, 0.3) is 0 Å². The van der Waals surface area contributed by atoms with E-state index >= 15 is 0 Å². The Kier molecular flexibility index (Phi) is 5.25. The van der Waals surface area contributed by atoms with Gasteiger partial charge in [-0.05, 0) is 26.0 Å². The number of carbonyl (C=O) groups excluding carboxylic acids is 1. The first kappa shape index (κ1) is 15.9. The van der Waals surface area contributed by atoms with Crippen molar-refractivity contribution in [3.8, 4) is 0 Å². The summed E-state index contributed by atoms with van der Waals surface area (Å²) in [5, 5.41) is 2.96. The lowest BCUT2D eigenvalue weighted by Crippen LogP contribution is -2.49. The van der Waals surface area contributed by atoms with Crippen LogP contribution < -0.4 is 5.32 Å². The highest BCUT2D eigenvalue weighted by Gasteiger charge is 2.25. The number of rotatable bonds is 4. The maximum Gasteiger partial charge on any atom is 0.239 e. The van der Waals surface area contributed by atoms with E-state index in [-0.39, 0.29) is 11.5 Å². The SMILES string of the molecule is CC(NC(C)c1c(F)cccc1F)C(=O)N1CCOCC1. The second kappa shape index (κ2) is 6.95. The Morgan fingerprint density at radius 3 is 2.38 bits per heavy atom. The number of amides is 1. The van der Waals surface area contributed by atoms with Crippen LogP contribution in [0, 0.1) is 11.6 Å². The van der Waals surface area contributed by atoms with Crippen LogP contribution in [0.3, 0.4) is 0 Å². The third-order valence-corrected chi connectivity index (χ3v) is 3.63. The number of ether oxygens (including phenoxy) is 1. The van der Waals surface area contributed by atoms with Gasteiger partial charge in [0, 0.05) is 24.7 Å². The summed E-state index contributed by atoms with van der Waals surface area (Å²) in [5.41, 5.74) is -0.0425. The average molecular weight is 298 g/mol. The molecular weight excluding hydrogens is 278 g/mol. The normalized spacial score (nSPS) is 18.4. The minimum absolute atomic E-state index is 0.0425. The molecule has 116 valence electrons. The van der Waals surface area contributed by atoms with E-state index in [1.54, 1.807) is 18.7 Å². The van der Waals surface area contributed by atoms with Gasteiger partial charge in [-0.25, -0.2) is 8.78 Å². The molecule has 1 N–H and O–H groups in total. The second-order valence-corrected chi connectivity index (χ2v) is 5.18. The van der Waals surface area contributed by atoms with Gasteiger partial charge in [0.1, 0.15) is 11.6 Å². The van der Waals surface area contributed by atoms with E-state index < -0.39 is 23.7 Å². The molecule has 1 aliphatic rings. The van der Waals surface area contributed by atoms with Crippen LogP contribution in [-0.2, 0) is 9.53 Å². The third-order valence-electron chi connectivity index (χ3n) is 3.63. The molecule has 0 aromatic heterocycles. The summed E-state index contributed by atoms with van der Waals surface area (Å²) in [7, 11) is 0. The number of nitrogens with one attached hydrogen (secondary N) is 1. The van der Waals surface area contributed by atoms with Crippen molar-refractivity contribution in [1.82, 2.24) is 10.2 Å². The molecule has 1 heterocycles. The third kappa shape index (κ3) is 3.77. The van der Waals surface area contributed by atoms with E-state index in [9.17, 15) is 13.6 Å². The van der Waals surface area contributed by atoms with Gasteiger partial charge in [-0.2, -0.15) is 0 Å². The molecule has 1 aliphatic heterocycles. The molecule has 6 heteroatoms. The summed E-state index contributed by atoms with van der Waals surface area (Å²) in [6.45, 7) is 5.49. The van der Waals surface area contributed by atoms with Crippen molar-refractivity contribution in [2.24, 2.45) is 0 Å². The predicted octanol–water partition coefficient (Wildman–Crippen LogP) is 1.86. The van der Waals surface area contributed by atoms with Crippen LogP contribution in [0.2, 0.25) is 0 Å². The molecule has 4 nitrogen and oxygen atoms in total. The van der Waals surface area contributed by atoms with Crippen LogP contribution in [-0.4, -0.2) is 43.2 Å². The molecule has 21 heavy (non-hydrogen) atoms. The number of carbonyl (C=O) groups is 1. The van der Waals surface area contributed by atoms with Crippen molar-refractivity contribution in [3.05, 3.63) is 35.4 Å². The van der Waals surface area contributed by atoms with Gasteiger partial charge in [0.15, 0.2) is 0 Å². The summed E-state index contributed by atoms with van der Waals surface area (Å²) in [4.78, 5) is 14.0. The Hall–Kier alpha value is -1.53. The molecular formula is C15H20F2N2O2. The van der Waals surface area contributed by atoms with E-state index in [0.29, 0.717) is 26.3 Å². The molecule has 0 radical (unpaired) electrons. The summed E-state index contributed by atoms with van der Waals surface area (Å²) in [5.74, 6) is -1.30. The molecule has 2 rings (SSSR count). The Morgan fingerprint density at radius 1 is 1.24 bits per heavy atom. The largest absolute Gasteiger partial charge is 0.378 e. The van der Waals surface area contributed by atoms with Gasteiger partial charge in [0.05, 0.1) is 19.3 Å². The molecule has 1 aromatic carbocycles. The van der Waals surface area contributed by atoms with Gasteiger partial charge in [0.25, 0.3) is 0 Å². The number of halogens is 2. The molecule has 0 saturated carbocycles. The maximum atomic E-state index is 13.7. The van der Waals surface area contributed by atoms with Crippen LogP contribution in [0.1, 0.15) is 25.5 Å². The first-order valence-electron chi connectivity index (χ1n) is 7.07. The topological polar surface area (TPSA) is 41.6 Å². The fourth-order valence-electron chi connectivity index (χ4n) is 2.51. The zero-order valence-electron chi connectivity index (χ0n) is 12.2.